The summed E-state index contributed by atoms with van der Waals surface area (Å²) in [6.45, 7) is 0. The monoisotopic (exact) mass is 461 g/mol. The van der Waals surface area contributed by atoms with E-state index in [9.17, 15) is 0 Å². The highest BCUT2D eigenvalue weighted by Gasteiger charge is 2.09. The summed E-state index contributed by atoms with van der Waals surface area (Å²) in [4.78, 5) is 9.57. The average Bonchev–Trinajstić information content (AvgIpc) is 2.91. The van der Waals surface area contributed by atoms with Crippen LogP contribution >= 0.6 is 49.9 Å². The molecule has 3 rings (SSSR count). The molecule has 0 aliphatic carbocycles. The third kappa shape index (κ3) is 2.73. The molecule has 0 aliphatic rings. The first-order valence-corrected chi connectivity index (χ1v) is 8.36. The number of hydrazine groups is 1. The van der Waals surface area contributed by atoms with E-state index in [1.165, 1.54) is 0 Å². The van der Waals surface area contributed by atoms with E-state index in [-0.39, 0.29) is 0 Å². The standard InChI is InChI=1S/C12H9BrIN5S/c13-8-5-6(1-2-9(8)14)16-10-7-3-4-20-11(7)18-12(17-10)19-15/h1-5H,15H2,(H2,16,17,18,19). The second-order valence-electron chi connectivity index (χ2n) is 3.93. The predicted octanol–water partition coefficient (Wildman–Crippen LogP) is 4.09. The molecular weight excluding hydrogens is 453 g/mol. The molecule has 0 saturated heterocycles. The van der Waals surface area contributed by atoms with Gasteiger partial charge in [0.25, 0.3) is 0 Å². The van der Waals surface area contributed by atoms with Gasteiger partial charge in [0, 0.05) is 13.7 Å². The van der Waals surface area contributed by atoms with Crippen LogP contribution in [0.4, 0.5) is 17.5 Å². The number of benzene rings is 1. The number of nitrogen functional groups attached to an aromatic ring is 1. The minimum absolute atomic E-state index is 0.395. The second kappa shape index (κ2) is 5.80. The molecule has 102 valence electrons. The Labute approximate surface area is 141 Å². The fourth-order valence-corrected chi connectivity index (χ4v) is 3.20. The fourth-order valence-electron chi connectivity index (χ4n) is 1.73. The lowest BCUT2D eigenvalue weighted by Gasteiger charge is -2.09. The van der Waals surface area contributed by atoms with E-state index in [0.29, 0.717) is 5.95 Å². The van der Waals surface area contributed by atoms with Crippen LogP contribution in [-0.4, -0.2) is 9.97 Å². The van der Waals surface area contributed by atoms with Gasteiger partial charge in [-0.25, -0.2) is 10.8 Å². The van der Waals surface area contributed by atoms with Crippen molar-refractivity contribution in [2.24, 2.45) is 5.84 Å². The molecule has 0 bridgehead atoms. The minimum atomic E-state index is 0.395. The summed E-state index contributed by atoms with van der Waals surface area (Å²) in [5.41, 5.74) is 3.44. The van der Waals surface area contributed by atoms with Gasteiger partial charge < -0.3 is 5.32 Å². The van der Waals surface area contributed by atoms with E-state index >= 15 is 0 Å². The van der Waals surface area contributed by atoms with Gasteiger partial charge >= 0.3 is 0 Å². The molecule has 0 fully saturated rings. The number of fused-ring (bicyclic) bond motifs is 1. The lowest BCUT2D eigenvalue weighted by Crippen LogP contribution is -2.11. The van der Waals surface area contributed by atoms with Crippen molar-refractivity contribution in [1.82, 2.24) is 9.97 Å². The van der Waals surface area contributed by atoms with E-state index in [1.807, 2.05) is 29.6 Å². The van der Waals surface area contributed by atoms with Crippen molar-refractivity contribution in [2.45, 2.75) is 0 Å². The first-order chi connectivity index (χ1) is 9.67. The average molecular weight is 462 g/mol. The van der Waals surface area contributed by atoms with Crippen LogP contribution in [0.15, 0.2) is 34.1 Å². The number of nitrogens with zero attached hydrogens (tertiary/aromatic N) is 2. The Bertz CT molecular complexity index is 776. The van der Waals surface area contributed by atoms with Gasteiger partial charge in [0.1, 0.15) is 10.6 Å². The topological polar surface area (TPSA) is 75.9 Å². The number of hydrogen-bond donors (Lipinski definition) is 3. The maximum Gasteiger partial charge on any atom is 0.240 e. The number of halogens is 2. The van der Waals surface area contributed by atoms with Crippen molar-refractivity contribution in [2.75, 3.05) is 10.7 Å². The Morgan fingerprint density at radius 1 is 1.25 bits per heavy atom. The van der Waals surface area contributed by atoms with Crippen LogP contribution in [0.2, 0.25) is 0 Å². The first kappa shape index (κ1) is 14.0. The molecule has 2 heterocycles. The van der Waals surface area contributed by atoms with E-state index in [2.05, 4.69) is 59.2 Å². The highest BCUT2D eigenvalue weighted by Crippen LogP contribution is 2.30. The molecule has 8 heteroatoms. The van der Waals surface area contributed by atoms with Crippen LogP contribution in [0.5, 0.6) is 0 Å². The van der Waals surface area contributed by atoms with Crippen LogP contribution in [0.3, 0.4) is 0 Å². The van der Waals surface area contributed by atoms with Gasteiger partial charge in [-0.15, -0.1) is 11.3 Å². The SMILES string of the molecule is NNc1nc(Nc2ccc(I)c(Br)c2)c2ccsc2n1. The highest BCUT2D eigenvalue weighted by molar-refractivity contribution is 14.1. The van der Waals surface area contributed by atoms with Gasteiger partial charge in [-0.2, -0.15) is 4.98 Å². The van der Waals surface area contributed by atoms with Gasteiger partial charge in [0.05, 0.1) is 5.39 Å². The maximum atomic E-state index is 5.41. The molecule has 1 aromatic carbocycles. The first-order valence-electron chi connectivity index (χ1n) is 5.61. The zero-order chi connectivity index (χ0) is 14.1. The van der Waals surface area contributed by atoms with Crippen molar-refractivity contribution in [3.63, 3.8) is 0 Å². The molecule has 2 aromatic heterocycles. The molecule has 0 aliphatic heterocycles. The zero-order valence-electron chi connectivity index (χ0n) is 10.0. The molecule has 0 unspecified atom stereocenters. The Kier molecular flexibility index (Phi) is 4.06. The predicted molar refractivity (Wildman–Crippen MR) is 95.4 cm³/mol. The van der Waals surface area contributed by atoms with E-state index in [0.717, 1.165) is 29.8 Å². The van der Waals surface area contributed by atoms with Gasteiger partial charge in [-0.1, -0.05) is 0 Å². The molecule has 3 aromatic rings. The summed E-state index contributed by atoms with van der Waals surface area (Å²) < 4.78 is 2.19. The quantitative estimate of drug-likeness (QED) is 0.311. The Hall–Kier alpha value is -0.970. The maximum absolute atomic E-state index is 5.41. The normalized spacial score (nSPS) is 10.8. The smallest absolute Gasteiger partial charge is 0.240 e. The van der Waals surface area contributed by atoms with Crippen molar-refractivity contribution < 1.29 is 0 Å². The number of aromatic nitrogens is 2. The molecule has 0 spiro atoms. The number of nitrogens with two attached hydrogens (primary N) is 1. The molecule has 0 radical (unpaired) electrons. The fraction of sp³-hybridized carbons (Fsp3) is 0. The van der Waals surface area contributed by atoms with Gasteiger partial charge in [-0.05, 0) is 68.2 Å². The number of rotatable bonds is 3. The number of anilines is 3. The highest BCUT2D eigenvalue weighted by atomic mass is 127. The van der Waals surface area contributed by atoms with Crippen LogP contribution < -0.4 is 16.6 Å². The second-order valence-corrected chi connectivity index (χ2v) is 6.84. The molecule has 5 nitrogen and oxygen atoms in total. The Morgan fingerprint density at radius 2 is 2.10 bits per heavy atom. The van der Waals surface area contributed by atoms with Crippen LogP contribution in [-0.2, 0) is 0 Å². The van der Waals surface area contributed by atoms with E-state index < -0.39 is 0 Å². The van der Waals surface area contributed by atoms with E-state index in [1.54, 1.807) is 11.3 Å². The van der Waals surface area contributed by atoms with Crippen LogP contribution in [0.25, 0.3) is 10.2 Å². The Morgan fingerprint density at radius 3 is 2.85 bits per heavy atom. The third-order valence-corrected chi connectivity index (χ3v) is 5.78. The summed E-state index contributed by atoms with van der Waals surface area (Å²) in [7, 11) is 0. The van der Waals surface area contributed by atoms with Crippen LogP contribution in [0.1, 0.15) is 0 Å². The van der Waals surface area contributed by atoms with Crippen molar-refractivity contribution in [3.8, 4) is 0 Å². The summed E-state index contributed by atoms with van der Waals surface area (Å²) in [6.07, 6.45) is 0. The van der Waals surface area contributed by atoms with Crippen molar-refractivity contribution in [3.05, 3.63) is 37.7 Å². The number of thiophene rings is 1. The minimum Gasteiger partial charge on any atom is -0.339 e. The van der Waals surface area contributed by atoms with Crippen LogP contribution in [0, 0.1) is 3.57 Å². The molecule has 0 saturated carbocycles. The number of hydrogen-bond acceptors (Lipinski definition) is 6. The summed E-state index contributed by atoms with van der Waals surface area (Å²) in [5, 5.41) is 6.26. The number of nitrogens with one attached hydrogen (secondary N) is 2. The van der Waals surface area contributed by atoms with Crippen molar-refractivity contribution in [1.29, 1.82) is 0 Å². The molecule has 20 heavy (non-hydrogen) atoms. The molecular formula is C12H9BrIN5S. The molecule has 0 amide bonds. The van der Waals surface area contributed by atoms with Crippen molar-refractivity contribution >= 4 is 77.5 Å². The zero-order valence-corrected chi connectivity index (χ0v) is 14.6. The van der Waals surface area contributed by atoms with Gasteiger partial charge in [0.15, 0.2) is 0 Å². The largest absolute Gasteiger partial charge is 0.339 e. The molecule has 4 N–H and O–H groups in total. The summed E-state index contributed by atoms with van der Waals surface area (Å²) in [5.74, 6) is 6.54. The molecule has 0 atom stereocenters. The lowest BCUT2D eigenvalue weighted by atomic mass is 10.3. The Balaban J connectivity index is 2.04. The van der Waals surface area contributed by atoms with Gasteiger partial charge in [0.2, 0.25) is 5.95 Å². The summed E-state index contributed by atoms with van der Waals surface area (Å²) >= 11 is 7.34. The van der Waals surface area contributed by atoms with Gasteiger partial charge in [-0.3, -0.25) is 5.43 Å². The summed E-state index contributed by atoms with van der Waals surface area (Å²) in [6, 6.07) is 8.03. The lowest BCUT2D eigenvalue weighted by molar-refractivity contribution is 1.16. The third-order valence-electron chi connectivity index (χ3n) is 2.64. The van der Waals surface area contributed by atoms with E-state index in [4.69, 9.17) is 5.84 Å².